The number of carbonyl (C=O) groups is 2. The smallest absolute Gasteiger partial charge is 0.338 e. The Bertz CT molecular complexity index is 897. The van der Waals surface area contributed by atoms with Crippen LogP contribution in [0.4, 0.5) is 17.1 Å². The van der Waals surface area contributed by atoms with Gasteiger partial charge >= 0.3 is 5.97 Å². The number of anilines is 2. The number of amides is 1. The highest BCUT2D eigenvalue weighted by Crippen LogP contribution is 2.29. The van der Waals surface area contributed by atoms with Crippen LogP contribution in [-0.2, 0) is 9.53 Å². The van der Waals surface area contributed by atoms with Crippen molar-refractivity contribution in [3.8, 4) is 5.75 Å². The number of hydrogen-bond donors (Lipinski definition) is 1. The van der Waals surface area contributed by atoms with Crippen molar-refractivity contribution in [3.05, 3.63) is 58.1 Å². The van der Waals surface area contributed by atoms with Gasteiger partial charge < -0.3 is 19.7 Å². The fourth-order valence-electron chi connectivity index (χ4n) is 2.33. The summed E-state index contributed by atoms with van der Waals surface area (Å²) in [5, 5.41) is 13.4. The third-order valence-electron chi connectivity index (χ3n) is 3.90. The van der Waals surface area contributed by atoms with Crippen LogP contribution in [0.2, 0.25) is 0 Å². The Morgan fingerprint density at radius 3 is 2.50 bits per heavy atom. The SMILES string of the molecule is COc1ccc([N+](=O)[O-])cc1NC(=O)[C@H](C)OC(=O)c1cccc(N(C)C)c1. The predicted molar refractivity (Wildman–Crippen MR) is 104 cm³/mol. The summed E-state index contributed by atoms with van der Waals surface area (Å²) in [6.07, 6.45) is -1.13. The normalized spacial score (nSPS) is 11.3. The van der Waals surface area contributed by atoms with Gasteiger partial charge in [-0.15, -0.1) is 0 Å². The van der Waals surface area contributed by atoms with Crippen LogP contribution in [0.15, 0.2) is 42.5 Å². The van der Waals surface area contributed by atoms with E-state index in [4.69, 9.17) is 9.47 Å². The highest BCUT2D eigenvalue weighted by molar-refractivity contribution is 5.98. The van der Waals surface area contributed by atoms with E-state index in [0.717, 1.165) is 5.69 Å². The molecule has 9 heteroatoms. The van der Waals surface area contributed by atoms with E-state index in [-0.39, 0.29) is 17.1 Å². The van der Waals surface area contributed by atoms with Crippen LogP contribution in [0.1, 0.15) is 17.3 Å². The number of rotatable bonds is 7. The second-order valence-electron chi connectivity index (χ2n) is 6.12. The number of nitrogens with zero attached hydrogens (tertiary/aromatic N) is 2. The minimum atomic E-state index is -1.13. The van der Waals surface area contributed by atoms with Gasteiger partial charge in [0.1, 0.15) is 5.75 Å². The standard InChI is InChI=1S/C19H21N3O6/c1-12(28-19(24)13-6-5-7-14(10-13)21(2)3)18(23)20-16-11-15(22(25)26)8-9-17(16)27-4/h5-12H,1-4H3,(H,20,23)/t12-/m0/s1. The van der Waals surface area contributed by atoms with Gasteiger partial charge in [0.2, 0.25) is 0 Å². The molecule has 0 aliphatic heterocycles. The second kappa shape index (κ2) is 8.85. The molecule has 0 saturated heterocycles. The van der Waals surface area contributed by atoms with Gasteiger partial charge in [0.25, 0.3) is 11.6 Å². The Kier molecular flexibility index (Phi) is 6.54. The molecule has 0 aliphatic rings. The molecule has 2 rings (SSSR count). The summed E-state index contributed by atoms with van der Waals surface area (Å²) >= 11 is 0. The molecule has 1 N–H and O–H groups in total. The molecule has 0 heterocycles. The Balaban J connectivity index is 2.11. The molecule has 0 unspecified atom stereocenters. The zero-order valence-corrected chi connectivity index (χ0v) is 16.0. The summed E-state index contributed by atoms with van der Waals surface area (Å²) < 4.78 is 10.3. The second-order valence-corrected chi connectivity index (χ2v) is 6.12. The van der Waals surface area contributed by atoms with E-state index in [2.05, 4.69) is 5.32 Å². The average molecular weight is 387 g/mol. The first-order chi connectivity index (χ1) is 13.2. The molecular formula is C19H21N3O6. The van der Waals surface area contributed by atoms with E-state index in [1.54, 1.807) is 18.2 Å². The van der Waals surface area contributed by atoms with Crippen molar-refractivity contribution in [2.24, 2.45) is 0 Å². The zero-order chi connectivity index (χ0) is 20.8. The highest BCUT2D eigenvalue weighted by Gasteiger charge is 2.21. The van der Waals surface area contributed by atoms with E-state index in [1.165, 1.54) is 32.2 Å². The number of methoxy groups -OCH3 is 1. The van der Waals surface area contributed by atoms with Crippen molar-refractivity contribution in [2.45, 2.75) is 13.0 Å². The molecule has 0 saturated carbocycles. The molecule has 0 radical (unpaired) electrons. The number of nitro benzene ring substituents is 1. The van der Waals surface area contributed by atoms with Gasteiger partial charge in [-0.2, -0.15) is 0 Å². The molecule has 0 bridgehead atoms. The summed E-state index contributed by atoms with van der Waals surface area (Å²) in [4.78, 5) is 36.9. The molecule has 0 aromatic heterocycles. The number of non-ortho nitro benzene ring substituents is 1. The predicted octanol–water partition coefficient (Wildman–Crippen LogP) is 2.85. The van der Waals surface area contributed by atoms with Crippen LogP contribution >= 0.6 is 0 Å². The molecule has 2 aromatic carbocycles. The number of hydrogen-bond acceptors (Lipinski definition) is 7. The lowest BCUT2D eigenvalue weighted by Gasteiger charge is -2.16. The largest absolute Gasteiger partial charge is 0.495 e. The number of ether oxygens (including phenoxy) is 2. The number of benzene rings is 2. The van der Waals surface area contributed by atoms with E-state index in [1.807, 2.05) is 25.1 Å². The van der Waals surface area contributed by atoms with Crippen molar-refractivity contribution >= 4 is 28.9 Å². The van der Waals surface area contributed by atoms with Crippen LogP contribution < -0.4 is 15.0 Å². The first-order valence-corrected chi connectivity index (χ1v) is 8.34. The van der Waals surface area contributed by atoms with Gasteiger partial charge in [0.15, 0.2) is 6.10 Å². The lowest BCUT2D eigenvalue weighted by molar-refractivity contribution is -0.384. The lowest BCUT2D eigenvalue weighted by atomic mass is 10.2. The lowest BCUT2D eigenvalue weighted by Crippen LogP contribution is -2.30. The molecule has 148 valence electrons. The van der Waals surface area contributed by atoms with Gasteiger partial charge in [0, 0.05) is 31.9 Å². The monoisotopic (exact) mass is 387 g/mol. The molecule has 1 amide bonds. The Morgan fingerprint density at radius 2 is 1.89 bits per heavy atom. The molecule has 0 aliphatic carbocycles. The van der Waals surface area contributed by atoms with Crippen molar-refractivity contribution in [1.82, 2.24) is 0 Å². The molecule has 9 nitrogen and oxygen atoms in total. The van der Waals surface area contributed by atoms with Gasteiger partial charge in [-0.05, 0) is 31.2 Å². The van der Waals surface area contributed by atoms with Crippen molar-refractivity contribution < 1.29 is 24.0 Å². The number of carbonyl (C=O) groups excluding carboxylic acids is 2. The summed E-state index contributed by atoms with van der Waals surface area (Å²) in [6, 6.07) is 10.6. The fraction of sp³-hybridized carbons (Fsp3) is 0.263. The Labute approximate surface area is 162 Å². The van der Waals surface area contributed by atoms with Gasteiger partial charge in [-0.1, -0.05) is 6.07 Å². The van der Waals surface area contributed by atoms with Crippen LogP contribution in [0.5, 0.6) is 5.75 Å². The van der Waals surface area contributed by atoms with Crippen LogP contribution in [0, 0.1) is 10.1 Å². The Hall–Kier alpha value is -3.62. The molecule has 0 fully saturated rings. The molecular weight excluding hydrogens is 366 g/mol. The van der Waals surface area contributed by atoms with Gasteiger partial charge in [0.05, 0.1) is 23.3 Å². The van der Waals surface area contributed by atoms with E-state index in [0.29, 0.717) is 5.56 Å². The minimum Gasteiger partial charge on any atom is -0.495 e. The summed E-state index contributed by atoms with van der Waals surface area (Å²) in [5.74, 6) is -1.05. The number of esters is 1. The fourth-order valence-corrected chi connectivity index (χ4v) is 2.33. The maximum atomic E-state index is 12.4. The van der Waals surface area contributed by atoms with Crippen molar-refractivity contribution in [3.63, 3.8) is 0 Å². The molecule has 0 spiro atoms. The van der Waals surface area contributed by atoms with E-state index in [9.17, 15) is 19.7 Å². The van der Waals surface area contributed by atoms with Crippen molar-refractivity contribution in [2.75, 3.05) is 31.4 Å². The van der Waals surface area contributed by atoms with E-state index >= 15 is 0 Å². The molecule has 28 heavy (non-hydrogen) atoms. The highest BCUT2D eigenvalue weighted by atomic mass is 16.6. The first-order valence-electron chi connectivity index (χ1n) is 8.34. The van der Waals surface area contributed by atoms with Gasteiger partial charge in [-0.25, -0.2) is 4.79 Å². The quantitative estimate of drug-likeness (QED) is 0.442. The number of nitrogens with one attached hydrogen (secondary N) is 1. The summed E-state index contributed by atoms with van der Waals surface area (Å²) in [6.45, 7) is 1.41. The third kappa shape index (κ3) is 4.97. The van der Waals surface area contributed by atoms with Gasteiger partial charge in [-0.3, -0.25) is 14.9 Å². The van der Waals surface area contributed by atoms with Crippen molar-refractivity contribution in [1.29, 1.82) is 0 Å². The maximum absolute atomic E-state index is 12.4. The van der Waals surface area contributed by atoms with Crippen LogP contribution in [0.25, 0.3) is 0 Å². The molecule has 2 aromatic rings. The van der Waals surface area contributed by atoms with Crippen LogP contribution in [-0.4, -0.2) is 44.1 Å². The summed E-state index contributed by atoms with van der Waals surface area (Å²) in [5.41, 5.74) is 1.02. The topological polar surface area (TPSA) is 111 Å². The third-order valence-corrected chi connectivity index (χ3v) is 3.90. The zero-order valence-electron chi connectivity index (χ0n) is 16.0. The average Bonchev–Trinajstić information content (AvgIpc) is 2.67. The van der Waals surface area contributed by atoms with E-state index < -0.39 is 22.9 Å². The maximum Gasteiger partial charge on any atom is 0.338 e. The van der Waals surface area contributed by atoms with Crippen LogP contribution in [0.3, 0.4) is 0 Å². The first kappa shape index (κ1) is 20.7. The number of nitro groups is 1. The minimum absolute atomic E-state index is 0.110. The molecule has 1 atom stereocenters. The Morgan fingerprint density at radius 1 is 1.18 bits per heavy atom. The summed E-state index contributed by atoms with van der Waals surface area (Å²) in [7, 11) is 5.05.